The molecule has 2 aromatic carbocycles. The summed E-state index contributed by atoms with van der Waals surface area (Å²) in [4.78, 5) is 0. The summed E-state index contributed by atoms with van der Waals surface area (Å²) in [6.45, 7) is 0.376. The van der Waals surface area contributed by atoms with E-state index in [2.05, 4.69) is 5.10 Å². The average Bonchev–Trinajstić information content (AvgIpc) is 2.54. The normalized spacial score (nSPS) is 10.2. The maximum Gasteiger partial charge on any atom is 0.139 e. The molecule has 0 unspecified atom stereocenters. The van der Waals surface area contributed by atoms with E-state index in [0.29, 0.717) is 28.0 Å². The first-order chi connectivity index (χ1) is 10.6. The van der Waals surface area contributed by atoms with E-state index in [4.69, 9.17) is 39.2 Å². The zero-order valence-corrected chi connectivity index (χ0v) is 14.3. The van der Waals surface area contributed by atoms with Gasteiger partial charge in [0.15, 0.2) is 0 Å². The van der Waals surface area contributed by atoms with Crippen molar-refractivity contribution in [3.05, 3.63) is 63.6 Å². The molecule has 8 heteroatoms. The predicted molar refractivity (Wildman–Crippen MR) is 96.9 cm³/mol. The van der Waals surface area contributed by atoms with E-state index in [1.54, 1.807) is 30.3 Å². The van der Waals surface area contributed by atoms with Crippen molar-refractivity contribution in [2.45, 2.75) is 6.61 Å². The van der Waals surface area contributed by atoms with Gasteiger partial charge in [-0.25, -0.2) is 5.84 Å². The van der Waals surface area contributed by atoms with Crippen LogP contribution in [0.4, 0.5) is 0 Å². The number of hydrogen-bond donors (Lipinski definition) is 2. The topological polar surface area (TPSA) is 74.7 Å². The van der Waals surface area contributed by atoms with E-state index in [0.717, 1.165) is 17.0 Å². The van der Waals surface area contributed by atoms with Crippen molar-refractivity contribution in [3.63, 3.8) is 0 Å². The van der Waals surface area contributed by atoms with Gasteiger partial charge in [0, 0.05) is 10.6 Å². The van der Waals surface area contributed by atoms with Gasteiger partial charge in [0.1, 0.15) is 18.7 Å². The summed E-state index contributed by atoms with van der Waals surface area (Å²) < 4.78 is 5.71. The van der Waals surface area contributed by atoms with Crippen LogP contribution in [0.5, 0.6) is 5.75 Å². The number of hydrogen-bond acceptors (Lipinski definition) is 4. The second-order valence-electron chi connectivity index (χ2n) is 4.33. The number of nitrogens with two attached hydrogens (primary N) is 1. The van der Waals surface area contributed by atoms with Crippen LogP contribution < -0.4 is 10.6 Å². The summed E-state index contributed by atoms with van der Waals surface area (Å²) in [5.74, 6) is 5.90. The third-order valence-electron chi connectivity index (χ3n) is 2.76. The Labute approximate surface area is 150 Å². The largest absolute Gasteiger partial charge is 0.487 e. The summed E-state index contributed by atoms with van der Waals surface area (Å²) in [6.07, 6.45) is 2.34. The van der Waals surface area contributed by atoms with Gasteiger partial charge in [-0.3, -0.25) is 5.41 Å². The van der Waals surface area contributed by atoms with Crippen LogP contribution in [0.25, 0.3) is 0 Å². The molecule has 0 bridgehead atoms. The number of halogens is 3. The third kappa shape index (κ3) is 5.73. The maximum absolute atomic E-state index is 6.94. The Morgan fingerprint density at radius 1 is 1.17 bits per heavy atom. The zero-order chi connectivity index (χ0) is 15.9. The monoisotopic (exact) mass is 372 g/mol. The molecule has 23 heavy (non-hydrogen) atoms. The highest BCUT2D eigenvalue weighted by Gasteiger charge is 2.06. The molecule has 0 spiro atoms. The van der Waals surface area contributed by atoms with Gasteiger partial charge >= 0.3 is 0 Å². The molecule has 0 amide bonds. The standard InChI is InChI=1S/C15H14Cl2N4O.ClH/c16-13-6-4-11(5-7-13)9-22-14-3-1-2-12(15(14)17)8-20-21(19)10-18;/h1-8,10,18H,9,19H2;1H/b18-10?,20-8+;. The maximum atomic E-state index is 6.94. The smallest absolute Gasteiger partial charge is 0.139 e. The van der Waals surface area contributed by atoms with Crippen LogP contribution in [0, 0.1) is 5.41 Å². The highest BCUT2D eigenvalue weighted by atomic mass is 35.5. The van der Waals surface area contributed by atoms with E-state index in [1.165, 1.54) is 6.21 Å². The minimum Gasteiger partial charge on any atom is -0.487 e. The highest BCUT2D eigenvalue weighted by molar-refractivity contribution is 6.34. The Hall–Kier alpha value is -1.79. The molecule has 0 aromatic heterocycles. The van der Waals surface area contributed by atoms with Crippen LogP contribution in [-0.2, 0) is 6.61 Å². The molecule has 0 aliphatic rings. The van der Waals surface area contributed by atoms with E-state index >= 15 is 0 Å². The Morgan fingerprint density at radius 2 is 1.87 bits per heavy atom. The number of rotatable bonds is 6. The average molecular weight is 374 g/mol. The third-order valence-corrected chi connectivity index (χ3v) is 3.42. The molecule has 0 fully saturated rings. The fourth-order valence-electron chi connectivity index (χ4n) is 1.64. The van der Waals surface area contributed by atoms with Crippen molar-refractivity contribution in [1.29, 1.82) is 5.41 Å². The summed E-state index contributed by atoms with van der Waals surface area (Å²) in [7, 11) is 0. The first-order valence-corrected chi connectivity index (χ1v) is 7.10. The van der Waals surface area contributed by atoms with E-state index in [1.807, 2.05) is 12.1 Å². The zero-order valence-electron chi connectivity index (χ0n) is 11.9. The lowest BCUT2D eigenvalue weighted by Gasteiger charge is -2.10. The number of hydrazine groups is 1. The van der Waals surface area contributed by atoms with Crippen molar-refractivity contribution in [1.82, 2.24) is 5.12 Å². The fraction of sp³-hybridized carbons (Fsp3) is 0.0667. The van der Waals surface area contributed by atoms with Gasteiger partial charge in [0.05, 0.1) is 11.2 Å². The first kappa shape index (κ1) is 19.3. The highest BCUT2D eigenvalue weighted by Crippen LogP contribution is 2.28. The molecule has 0 saturated heterocycles. The first-order valence-electron chi connectivity index (χ1n) is 6.34. The molecule has 3 N–H and O–H groups in total. The summed E-state index contributed by atoms with van der Waals surface area (Å²) in [5, 5.41) is 12.8. The fourth-order valence-corrected chi connectivity index (χ4v) is 2.00. The molecule has 0 aliphatic heterocycles. The van der Waals surface area contributed by atoms with E-state index in [-0.39, 0.29) is 12.4 Å². The van der Waals surface area contributed by atoms with Crippen LogP contribution in [0.3, 0.4) is 0 Å². The van der Waals surface area contributed by atoms with Gasteiger partial charge in [-0.05, 0) is 23.8 Å². The SMILES string of the molecule is Cl.N=CN(N)/N=C/c1cccc(OCc2ccc(Cl)cc2)c1Cl. The van der Waals surface area contributed by atoms with Crippen LogP contribution in [0.2, 0.25) is 10.0 Å². The van der Waals surface area contributed by atoms with E-state index < -0.39 is 0 Å². The van der Waals surface area contributed by atoms with Gasteiger partial charge in [0.2, 0.25) is 0 Å². The predicted octanol–water partition coefficient (Wildman–Crippen LogP) is 4.11. The number of nitrogens with zero attached hydrogens (tertiary/aromatic N) is 2. The molecule has 0 aliphatic carbocycles. The molecule has 5 nitrogen and oxygen atoms in total. The summed E-state index contributed by atoms with van der Waals surface area (Å²) >= 11 is 12.1. The Kier molecular flexibility index (Phi) is 7.85. The molecular formula is C15H15Cl3N4O. The van der Waals surface area contributed by atoms with Crippen LogP contribution in [-0.4, -0.2) is 17.7 Å². The second kappa shape index (κ2) is 9.37. The Morgan fingerprint density at radius 3 is 2.52 bits per heavy atom. The van der Waals surface area contributed by atoms with Crippen molar-refractivity contribution in [2.75, 3.05) is 0 Å². The molecule has 2 aromatic rings. The van der Waals surface area contributed by atoms with Gasteiger partial charge in [-0.1, -0.05) is 47.5 Å². The lowest BCUT2D eigenvalue weighted by molar-refractivity contribution is 0.306. The lowest BCUT2D eigenvalue weighted by Crippen LogP contribution is -2.22. The molecular weight excluding hydrogens is 359 g/mol. The minimum absolute atomic E-state index is 0. The lowest BCUT2D eigenvalue weighted by atomic mass is 10.2. The number of nitrogens with one attached hydrogen (secondary N) is 1. The van der Waals surface area contributed by atoms with E-state index in [9.17, 15) is 0 Å². The van der Waals surface area contributed by atoms with Crippen LogP contribution in [0.1, 0.15) is 11.1 Å². The second-order valence-corrected chi connectivity index (χ2v) is 5.14. The number of ether oxygens (including phenoxy) is 1. The Bertz CT molecular complexity index is 677. The van der Waals surface area contributed by atoms with Crippen molar-refractivity contribution >= 4 is 48.2 Å². The minimum atomic E-state index is 0. The number of hydrazone groups is 1. The quantitative estimate of drug-likeness (QED) is 0.346. The van der Waals surface area contributed by atoms with Gasteiger partial charge < -0.3 is 4.74 Å². The molecule has 0 heterocycles. The van der Waals surface area contributed by atoms with Gasteiger partial charge in [0.25, 0.3) is 0 Å². The molecule has 0 saturated carbocycles. The van der Waals surface area contributed by atoms with Crippen molar-refractivity contribution in [2.24, 2.45) is 10.9 Å². The molecule has 0 radical (unpaired) electrons. The molecule has 0 atom stereocenters. The van der Waals surface area contributed by atoms with Gasteiger partial charge in [-0.15, -0.1) is 12.4 Å². The summed E-state index contributed by atoms with van der Waals surface area (Å²) in [6, 6.07) is 12.7. The molecule has 2 rings (SSSR count). The van der Waals surface area contributed by atoms with Crippen LogP contribution in [0.15, 0.2) is 47.6 Å². The van der Waals surface area contributed by atoms with Gasteiger partial charge in [-0.2, -0.15) is 10.2 Å². The molecule has 122 valence electrons. The summed E-state index contributed by atoms with van der Waals surface area (Å²) in [5.41, 5.74) is 1.63. The number of benzene rings is 2. The Balaban J connectivity index is 0.00000264. The van der Waals surface area contributed by atoms with Crippen molar-refractivity contribution < 1.29 is 4.74 Å². The van der Waals surface area contributed by atoms with Crippen LogP contribution >= 0.6 is 35.6 Å². The van der Waals surface area contributed by atoms with Crippen molar-refractivity contribution in [3.8, 4) is 5.75 Å².